The molecule has 3 aromatic rings. The fourth-order valence-corrected chi connectivity index (χ4v) is 2.94. The van der Waals surface area contributed by atoms with Crippen molar-refractivity contribution in [1.82, 2.24) is 5.32 Å². The van der Waals surface area contributed by atoms with Crippen LogP contribution in [0.4, 0.5) is 0 Å². The first-order valence-electron chi connectivity index (χ1n) is 8.63. The number of nitrogens with two attached hydrogens (primary N) is 1. The Hall–Kier alpha value is -2.92. The van der Waals surface area contributed by atoms with Gasteiger partial charge in [0.1, 0.15) is 11.3 Å². The van der Waals surface area contributed by atoms with E-state index < -0.39 is 0 Å². The second-order valence-electron chi connectivity index (χ2n) is 6.41. The highest BCUT2D eigenvalue weighted by atomic mass is 16.3. The first-order chi connectivity index (χ1) is 12.5. The van der Waals surface area contributed by atoms with Crippen LogP contribution >= 0.6 is 0 Å². The molecule has 5 heteroatoms. The van der Waals surface area contributed by atoms with Crippen molar-refractivity contribution in [3.8, 4) is 11.3 Å². The van der Waals surface area contributed by atoms with Crippen molar-refractivity contribution in [2.45, 2.75) is 20.3 Å². The summed E-state index contributed by atoms with van der Waals surface area (Å²) in [5.41, 5.74) is 9.21. The summed E-state index contributed by atoms with van der Waals surface area (Å²) in [4.78, 5) is 24.5. The summed E-state index contributed by atoms with van der Waals surface area (Å²) in [6.45, 7) is 4.97. The molecule has 0 unspecified atom stereocenters. The van der Waals surface area contributed by atoms with Crippen LogP contribution in [0.2, 0.25) is 0 Å². The summed E-state index contributed by atoms with van der Waals surface area (Å²) < 4.78 is 5.98. The smallest absolute Gasteiger partial charge is 0.251 e. The second-order valence-corrected chi connectivity index (χ2v) is 6.41. The summed E-state index contributed by atoms with van der Waals surface area (Å²) in [6, 6.07) is 12.3. The van der Waals surface area contributed by atoms with Gasteiger partial charge in [-0.25, -0.2) is 0 Å². The number of amides is 1. The Morgan fingerprint density at radius 3 is 2.54 bits per heavy atom. The van der Waals surface area contributed by atoms with Crippen LogP contribution < -0.4 is 16.5 Å². The van der Waals surface area contributed by atoms with Crippen molar-refractivity contribution in [2.75, 3.05) is 13.1 Å². The summed E-state index contributed by atoms with van der Waals surface area (Å²) in [5.74, 6) is 0.348. The topological polar surface area (TPSA) is 85.3 Å². The van der Waals surface area contributed by atoms with Crippen LogP contribution in [0.25, 0.3) is 22.3 Å². The minimum absolute atomic E-state index is 0.0725. The van der Waals surface area contributed by atoms with Crippen molar-refractivity contribution >= 4 is 16.9 Å². The third kappa shape index (κ3) is 3.68. The highest BCUT2D eigenvalue weighted by molar-refractivity contribution is 5.94. The molecular weight excluding hydrogens is 328 g/mol. The van der Waals surface area contributed by atoms with Gasteiger partial charge in [0.05, 0.1) is 5.39 Å². The second kappa shape index (κ2) is 7.54. The van der Waals surface area contributed by atoms with Crippen LogP contribution in [0, 0.1) is 13.8 Å². The molecule has 0 fully saturated rings. The molecule has 0 saturated heterocycles. The number of benzene rings is 2. The van der Waals surface area contributed by atoms with Gasteiger partial charge in [-0.1, -0.05) is 18.2 Å². The predicted octanol–water partition coefficient (Wildman–Crippen LogP) is 3.16. The van der Waals surface area contributed by atoms with Crippen LogP contribution in [-0.2, 0) is 0 Å². The first-order valence-corrected chi connectivity index (χ1v) is 8.63. The number of fused-ring (bicyclic) bond motifs is 1. The van der Waals surface area contributed by atoms with Crippen LogP contribution in [0.15, 0.2) is 51.7 Å². The van der Waals surface area contributed by atoms with E-state index in [1.807, 2.05) is 26.0 Å². The van der Waals surface area contributed by atoms with E-state index in [9.17, 15) is 9.59 Å². The van der Waals surface area contributed by atoms with E-state index in [1.54, 1.807) is 24.3 Å². The average molecular weight is 350 g/mol. The van der Waals surface area contributed by atoms with Crippen molar-refractivity contribution in [2.24, 2.45) is 5.73 Å². The maximum Gasteiger partial charge on any atom is 0.251 e. The summed E-state index contributed by atoms with van der Waals surface area (Å²) in [6.07, 6.45) is 0.741. The monoisotopic (exact) mass is 350 g/mol. The summed E-state index contributed by atoms with van der Waals surface area (Å²) >= 11 is 0. The van der Waals surface area contributed by atoms with Crippen molar-refractivity contribution < 1.29 is 9.21 Å². The molecule has 3 N–H and O–H groups in total. The van der Waals surface area contributed by atoms with E-state index in [-0.39, 0.29) is 11.3 Å². The molecule has 26 heavy (non-hydrogen) atoms. The van der Waals surface area contributed by atoms with E-state index in [0.717, 1.165) is 23.1 Å². The Morgan fingerprint density at radius 2 is 1.85 bits per heavy atom. The largest absolute Gasteiger partial charge is 0.456 e. The molecule has 3 rings (SSSR count). The predicted molar refractivity (Wildman–Crippen MR) is 103 cm³/mol. The third-order valence-corrected chi connectivity index (χ3v) is 4.26. The number of carbonyl (C=O) groups is 1. The van der Waals surface area contributed by atoms with E-state index in [0.29, 0.717) is 35.4 Å². The van der Waals surface area contributed by atoms with Crippen LogP contribution in [0.1, 0.15) is 27.9 Å². The van der Waals surface area contributed by atoms with Crippen molar-refractivity contribution in [3.63, 3.8) is 0 Å². The van der Waals surface area contributed by atoms with Crippen LogP contribution in [0.5, 0.6) is 0 Å². The lowest BCUT2D eigenvalue weighted by Gasteiger charge is -2.08. The maximum absolute atomic E-state index is 12.5. The molecule has 0 bridgehead atoms. The minimum atomic E-state index is -0.142. The molecule has 1 aromatic heterocycles. The fourth-order valence-electron chi connectivity index (χ4n) is 2.94. The molecule has 0 radical (unpaired) electrons. The SMILES string of the molecule is Cc1cc(C)c2oc(-c3ccc(C(=O)NCCCN)cc3)cc(=O)c2c1. The number of hydrogen-bond acceptors (Lipinski definition) is 4. The Morgan fingerprint density at radius 1 is 1.12 bits per heavy atom. The number of carbonyl (C=O) groups excluding carboxylic acids is 1. The molecule has 0 aliphatic carbocycles. The molecule has 2 aromatic carbocycles. The van der Waals surface area contributed by atoms with Crippen molar-refractivity contribution in [1.29, 1.82) is 0 Å². The molecule has 0 atom stereocenters. The molecule has 0 aliphatic heterocycles. The molecule has 5 nitrogen and oxygen atoms in total. The Kier molecular flexibility index (Phi) is 5.19. The van der Waals surface area contributed by atoms with Gasteiger partial charge in [0, 0.05) is 23.7 Å². The van der Waals surface area contributed by atoms with Gasteiger partial charge in [-0.3, -0.25) is 9.59 Å². The Bertz CT molecular complexity index is 1000. The zero-order valence-electron chi connectivity index (χ0n) is 15.0. The van der Waals surface area contributed by atoms with Gasteiger partial charge in [0.2, 0.25) is 0 Å². The van der Waals surface area contributed by atoms with Gasteiger partial charge in [-0.2, -0.15) is 0 Å². The van der Waals surface area contributed by atoms with E-state index in [2.05, 4.69) is 5.32 Å². The van der Waals surface area contributed by atoms with Crippen LogP contribution in [0.3, 0.4) is 0 Å². The van der Waals surface area contributed by atoms with E-state index in [1.165, 1.54) is 6.07 Å². The molecule has 134 valence electrons. The highest BCUT2D eigenvalue weighted by Crippen LogP contribution is 2.25. The van der Waals surface area contributed by atoms with Crippen LogP contribution in [-0.4, -0.2) is 19.0 Å². The van der Waals surface area contributed by atoms with Gasteiger partial charge >= 0.3 is 0 Å². The Balaban J connectivity index is 1.92. The maximum atomic E-state index is 12.5. The summed E-state index contributed by atoms with van der Waals surface area (Å²) in [5, 5.41) is 3.40. The normalized spacial score (nSPS) is 10.9. The number of rotatable bonds is 5. The molecule has 0 aliphatic rings. The summed E-state index contributed by atoms with van der Waals surface area (Å²) in [7, 11) is 0. The number of hydrogen-bond donors (Lipinski definition) is 2. The third-order valence-electron chi connectivity index (χ3n) is 4.26. The minimum Gasteiger partial charge on any atom is -0.456 e. The van der Waals surface area contributed by atoms with Gasteiger partial charge in [0.25, 0.3) is 5.91 Å². The van der Waals surface area contributed by atoms with Gasteiger partial charge in [-0.05, 0) is 56.1 Å². The molecular formula is C21H22N2O3. The van der Waals surface area contributed by atoms with Gasteiger partial charge in [0.15, 0.2) is 5.43 Å². The lowest BCUT2D eigenvalue weighted by atomic mass is 10.1. The molecule has 1 heterocycles. The molecule has 1 amide bonds. The van der Waals surface area contributed by atoms with Gasteiger partial charge < -0.3 is 15.5 Å². The number of aryl methyl sites for hydroxylation is 2. The zero-order chi connectivity index (χ0) is 18.7. The fraction of sp³-hybridized carbons (Fsp3) is 0.238. The zero-order valence-corrected chi connectivity index (χ0v) is 15.0. The average Bonchev–Trinajstić information content (AvgIpc) is 2.62. The van der Waals surface area contributed by atoms with E-state index >= 15 is 0 Å². The lowest BCUT2D eigenvalue weighted by molar-refractivity contribution is 0.0953. The first kappa shape index (κ1) is 17.9. The van der Waals surface area contributed by atoms with Gasteiger partial charge in [-0.15, -0.1) is 0 Å². The van der Waals surface area contributed by atoms with Crippen molar-refractivity contribution in [3.05, 3.63) is 69.4 Å². The molecule has 0 saturated carbocycles. The Labute approximate surface area is 151 Å². The standard InChI is InChI=1S/C21H22N2O3/c1-13-10-14(2)20-17(11-13)18(24)12-19(26-20)15-4-6-16(7-5-15)21(25)23-9-3-8-22/h4-7,10-12H,3,8-9,22H2,1-2H3,(H,23,25). The highest BCUT2D eigenvalue weighted by Gasteiger charge is 2.11. The molecule has 0 spiro atoms. The quantitative estimate of drug-likeness (QED) is 0.692. The number of nitrogens with one attached hydrogen (secondary N) is 1. The van der Waals surface area contributed by atoms with E-state index in [4.69, 9.17) is 10.2 Å². The lowest BCUT2D eigenvalue weighted by Crippen LogP contribution is -2.25.